The number of likely N-dealkylation sites (tertiary alicyclic amines) is 1. The van der Waals surface area contributed by atoms with Gasteiger partial charge in [0.05, 0.1) is 23.5 Å². The molecule has 0 amide bonds. The molecule has 26 heavy (non-hydrogen) atoms. The minimum absolute atomic E-state index is 0.516. The zero-order valence-electron chi connectivity index (χ0n) is 14.6. The topological polar surface area (TPSA) is 63.3 Å². The predicted molar refractivity (Wildman–Crippen MR) is 99.2 cm³/mol. The van der Waals surface area contributed by atoms with Gasteiger partial charge in [-0.05, 0) is 38.1 Å². The van der Waals surface area contributed by atoms with Gasteiger partial charge in [0.25, 0.3) is 0 Å². The summed E-state index contributed by atoms with van der Waals surface area (Å²) in [6, 6.07) is 3.84. The third-order valence-electron chi connectivity index (χ3n) is 5.54. The number of nitrogens with zero attached hydrogens (tertiary/aromatic N) is 6. The van der Waals surface area contributed by atoms with Crippen molar-refractivity contribution in [1.82, 2.24) is 34.4 Å². The molecule has 1 fully saturated rings. The second-order valence-corrected chi connectivity index (χ2v) is 7.61. The van der Waals surface area contributed by atoms with Crippen molar-refractivity contribution in [1.29, 1.82) is 0 Å². The van der Waals surface area contributed by atoms with Crippen LogP contribution in [-0.2, 0) is 19.6 Å². The molecule has 5 rings (SSSR count). The van der Waals surface area contributed by atoms with Crippen molar-refractivity contribution in [3.05, 3.63) is 46.9 Å². The minimum atomic E-state index is 0.516. The van der Waals surface area contributed by atoms with Gasteiger partial charge in [0.15, 0.2) is 0 Å². The summed E-state index contributed by atoms with van der Waals surface area (Å²) in [5.41, 5.74) is 2.13. The standard InChI is InChI=1S/C18H22ClN7/c19-14-1-2-16-21-9-15(26(16)11-14)12-24-6-3-13(4-7-24)18-23-22-17-10-20-5-8-25(17)18/h1-2,9,11,13,20H,3-8,10,12H2. The molecule has 0 radical (unpaired) electrons. The highest BCUT2D eigenvalue weighted by Gasteiger charge is 2.27. The van der Waals surface area contributed by atoms with Crippen molar-refractivity contribution in [2.45, 2.75) is 38.4 Å². The first-order valence-electron chi connectivity index (χ1n) is 9.24. The van der Waals surface area contributed by atoms with Gasteiger partial charge in [-0.15, -0.1) is 10.2 Å². The van der Waals surface area contributed by atoms with Crippen molar-refractivity contribution < 1.29 is 0 Å². The average Bonchev–Trinajstić information content (AvgIpc) is 3.27. The average molecular weight is 372 g/mol. The summed E-state index contributed by atoms with van der Waals surface area (Å²) in [6.07, 6.45) is 6.16. The van der Waals surface area contributed by atoms with Gasteiger partial charge >= 0.3 is 0 Å². The normalized spacial score (nSPS) is 19.1. The fraction of sp³-hybridized carbons (Fsp3) is 0.500. The van der Waals surface area contributed by atoms with Crippen molar-refractivity contribution in [3.8, 4) is 0 Å². The molecule has 3 aromatic rings. The highest BCUT2D eigenvalue weighted by molar-refractivity contribution is 6.30. The number of piperidine rings is 1. The molecule has 7 nitrogen and oxygen atoms in total. The minimum Gasteiger partial charge on any atom is -0.312 e. The lowest BCUT2D eigenvalue weighted by Crippen LogP contribution is -2.35. The van der Waals surface area contributed by atoms with Gasteiger partial charge in [0.1, 0.15) is 17.3 Å². The van der Waals surface area contributed by atoms with E-state index in [1.165, 1.54) is 11.5 Å². The van der Waals surface area contributed by atoms with Crippen LogP contribution in [0.3, 0.4) is 0 Å². The molecule has 5 heterocycles. The van der Waals surface area contributed by atoms with E-state index in [1.807, 2.05) is 24.5 Å². The third kappa shape index (κ3) is 2.90. The molecule has 1 N–H and O–H groups in total. The Morgan fingerprint density at radius 1 is 1.15 bits per heavy atom. The number of rotatable bonds is 3. The summed E-state index contributed by atoms with van der Waals surface area (Å²) in [4.78, 5) is 6.98. The maximum absolute atomic E-state index is 6.14. The first-order valence-corrected chi connectivity index (χ1v) is 9.62. The Hall–Kier alpha value is -1.96. The quantitative estimate of drug-likeness (QED) is 0.763. The Labute approximate surface area is 157 Å². The summed E-state index contributed by atoms with van der Waals surface area (Å²) < 4.78 is 4.42. The van der Waals surface area contributed by atoms with E-state index in [2.05, 4.69) is 34.4 Å². The molecule has 1 saturated heterocycles. The van der Waals surface area contributed by atoms with Crippen LogP contribution in [-0.4, -0.2) is 48.7 Å². The Morgan fingerprint density at radius 2 is 2.04 bits per heavy atom. The maximum Gasteiger partial charge on any atom is 0.147 e. The van der Waals surface area contributed by atoms with E-state index in [-0.39, 0.29) is 0 Å². The molecule has 2 aliphatic heterocycles. The predicted octanol–water partition coefficient (Wildman–Crippen LogP) is 2.06. The van der Waals surface area contributed by atoms with Gasteiger partial charge in [-0.1, -0.05) is 11.6 Å². The second kappa shape index (κ2) is 6.64. The van der Waals surface area contributed by atoms with Crippen molar-refractivity contribution in [2.75, 3.05) is 19.6 Å². The lowest BCUT2D eigenvalue weighted by molar-refractivity contribution is 0.197. The Balaban J connectivity index is 1.27. The van der Waals surface area contributed by atoms with E-state index in [4.69, 9.17) is 11.6 Å². The van der Waals surface area contributed by atoms with Crippen LogP contribution in [0, 0.1) is 0 Å². The van der Waals surface area contributed by atoms with Crippen LogP contribution >= 0.6 is 11.6 Å². The van der Waals surface area contributed by atoms with Gasteiger partial charge in [-0.2, -0.15) is 0 Å². The van der Waals surface area contributed by atoms with E-state index < -0.39 is 0 Å². The zero-order chi connectivity index (χ0) is 17.5. The van der Waals surface area contributed by atoms with Gasteiger partial charge in [0, 0.05) is 31.7 Å². The smallest absolute Gasteiger partial charge is 0.147 e. The van der Waals surface area contributed by atoms with Crippen LogP contribution in [0.2, 0.25) is 5.02 Å². The first kappa shape index (κ1) is 16.2. The highest BCUT2D eigenvalue weighted by Crippen LogP contribution is 2.28. The molecule has 8 heteroatoms. The number of halogens is 1. The maximum atomic E-state index is 6.14. The number of pyridine rings is 1. The molecular weight excluding hydrogens is 350 g/mol. The molecule has 0 bridgehead atoms. The summed E-state index contributed by atoms with van der Waals surface area (Å²) in [6.45, 7) is 5.87. The van der Waals surface area contributed by atoms with E-state index in [0.29, 0.717) is 5.92 Å². The molecule has 2 aliphatic rings. The third-order valence-corrected chi connectivity index (χ3v) is 5.76. The number of fused-ring (bicyclic) bond motifs is 2. The van der Waals surface area contributed by atoms with Crippen LogP contribution in [0.1, 0.15) is 36.1 Å². The Kier molecular flexibility index (Phi) is 4.15. The fourth-order valence-corrected chi connectivity index (χ4v) is 4.28. The highest BCUT2D eigenvalue weighted by atomic mass is 35.5. The van der Waals surface area contributed by atoms with Crippen LogP contribution in [0.25, 0.3) is 5.65 Å². The fourth-order valence-electron chi connectivity index (χ4n) is 4.12. The van der Waals surface area contributed by atoms with Crippen molar-refractivity contribution in [2.24, 2.45) is 0 Å². The molecule has 0 spiro atoms. The molecule has 0 atom stereocenters. The van der Waals surface area contributed by atoms with Gasteiger partial charge in [0.2, 0.25) is 0 Å². The van der Waals surface area contributed by atoms with Crippen LogP contribution in [0.15, 0.2) is 24.5 Å². The molecule has 0 aliphatic carbocycles. The largest absolute Gasteiger partial charge is 0.312 e. The summed E-state index contributed by atoms with van der Waals surface area (Å²) in [7, 11) is 0. The number of nitrogens with one attached hydrogen (secondary N) is 1. The zero-order valence-corrected chi connectivity index (χ0v) is 15.4. The number of aromatic nitrogens is 5. The summed E-state index contributed by atoms with van der Waals surface area (Å²) in [5, 5.41) is 13.0. The molecule has 136 valence electrons. The monoisotopic (exact) mass is 371 g/mol. The molecule has 0 saturated carbocycles. The van der Waals surface area contributed by atoms with Crippen LogP contribution in [0.4, 0.5) is 0 Å². The van der Waals surface area contributed by atoms with Crippen LogP contribution in [0.5, 0.6) is 0 Å². The van der Waals surface area contributed by atoms with E-state index in [9.17, 15) is 0 Å². The number of imidazole rings is 1. The molecular formula is C18H22ClN7. The number of hydrogen-bond acceptors (Lipinski definition) is 5. The Morgan fingerprint density at radius 3 is 2.92 bits per heavy atom. The second-order valence-electron chi connectivity index (χ2n) is 7.18. The Bertz CT molecular complexity index is 923. The van der Waals surface area contributed by atoms with Gasteiger partial charge < -0.3 is 14.3 Å². The SMILES string of the molecule is Clc1ccc2ncc(CN3CCC(c4nnc5n4CCNC5)CC3)n2c1. The van der Waals surface area contributed by atoms with E-state index >= 15 is 0 Å². The van der Waals surface area contributed by atoms with E-state index in [1.54, 1.807) is 0 Å². The molecule has 0 aromatic carbocycles. The van der Waals surface area contributed by atoms with Crippen LogP contribution < -0.4 is 5.32 Å². The van der Waals surface area contributed by atoms with Crippen molar-refractivity contribution >= 4 is 17.2 Å². The van der Waals surface area contributed by atoms with Crippen molar-refractivity contribution in [3.63, 3.8) is 0 Å². The summed E-state index contributed by atoms with van der Waals surface area (Å²) >= 11 is 6.14. The summed E-state index contributed by atoms with van der Waals surface area (Å²) in [5.74, 6) is 2.78. The first-order chi connectivity index (χ1) is 12.8. The van der Waals surface area contributed by atoms with E-state index in [0.717, 1.165) is 68.6 Å². The lowest BCUT2D eigenvalue weighted by atomic mass is 9.95. The molecule has 3 aromatic heterocycles. The lowest BCUT2D eigenvalue weighted by Gasteiger charge is -2.31. The van der Waals surface area contributed by atoms with Gasteiger partial charge in [-0.3, -0.25) is 4.90 Å². The molecule has 0 unspecified atom stereocenters. The van der Waals surface area contributed by atoms with Gasteiger partial charge in [-0.25, -0.2) is 4.98 Å². The number of hydrogen-bond donors (Lipinski definition) is 1.